The van der Waals surface area contributed by atoms with Crippen molar-refractivity contribution < 1.29 is 4.42 Å². The molecule has 2 rings (SSSR count). The molecule has 0 spiro atoms. The molecule has 0 fully saturated rings. The Balaban J connectivity index is 2.54. The van der Waals surface area contributed by atoms with Crippen LogP contribution in [0.15, 0.2) is 28.7 Å². The van der Waals surface area contributed by atoms with Crippen molar-refractivity contribution >= 4 is 11.0 Å². The molecule has 0 aliphatic carbocycles. The Hall–Kier alpha value is -1.28. The van der Waals surface area contributed by atoms with Crippen molar-refractivity contribution in [2.75, 3.05) is 0 Å². The van der Waals surface area contributed by atoms with E-state index in [2.05, 4.69) is 58.9 Å². The zero-order valence-electron chi connectivity index (χ0n) is 11.9. The summed E-state index contributed by atoms with van der Waals surface area (Å²) in [5.41, 5.74) is 8.51. The Morgan fingerprint density at radius 1 is 1.17 bits per heavy atom. The van der Waals surface area contributed by atoms with E-state index in [0.29, 0.717) is 5.92 Å². The highest BCUT2D eigenvalue weighted by atomic mass is 16.3. The van der Waals surface area contributed by atoms with E-state index in [0.717, 1.165) is 16.7 Å². The summed E-state index contributed by atoms with van der Waals surface area (Å²) >= 11 is 0. The molecular formula is C16H23NO. The zero-order valence-corrected chi connectivity index (χ0v) is 11.9. The van der Waals surface area contributed by atoms with Crippen LogP contribution < -0.4 is 5.73 Å². The molecule has 1 aromatic heterocycles. The minimum Gasteiger partial charge on any atom is -0.459 e. The Labute approximate surface area is 109 Å². The maximum atomic E-state index is 6.27. The molecule has 98 valence electrons. The highest BCUT2D eigenvalue weighted by Gasteiger charge is 2.26. The second-order valence-corrected chi connectivity index (χ2v) is 6.41. The van der Waals surface area contributed by atoms with E-state index in [1.54, 1.807) is 0 Å². The molecular weight excluding hydrogens is 222 g/mol. The molecule has 0 aliphatic rings. The summed E-state index contributed by atoms with van der Waals surface area (Å²) in [7, 11) is 0. The molecule has 0 saturated heterocycles. The van der Waals surface area contributed by atoms with Gasteiger partial charge in [0.2, 0.25) is 0 Å². The number of hydrogen-bond donors (Lipinski definition) is 1. The van der Waals surface area contributed by atoms with Crippen LogP contribution in [0, 0.1) is 5.41 Å². The fourth-order valence-corrected chi connectivity index (χ4v) is 2.14. The van der Waals surface area contributed by atoms with Crippen LogP contribution in [-0.4, -0.2) is 0 Å². The predicted molar refractivity (Wildman–Crippen MR) is 76.7 cm³/mol. The summed E-state index contributed by atoms with van der Waals surface area (Å²) in [4.78, 5) is 0. The molecule has 2 nitrogen and oxygen atoms in total. The van der Waals surface area contributed by atoms with Crippen molar-refractivity contribution in [1.29, 1.82) is 0 Å². The van der Waals surface area contributed by atoms with E-state index >= 15 is 0 Å². The largest absolute Gasteiger partial charge is 0.459 e. The highest BCUT2D eigenvalue weighted by Crippen LogP contribution is 2.35. The second-order valence-electron chi connectivity index (χ2n) is 6.41. The van der Waals surface area contributed by atoms with E-state index in [4.69, 9.17) is 10.2 Å². The average molecular weight is 245 g/mol. The Kier molecular flexibility index (Phi) is 3.24. The van der Waals surface area contributed by atoms with Gasteiger partial charge in [0, 0.05) is 5.39 Å². The molecule has 1 heterocycles. The van der Waals surface area contributed by atoms with Crippen LogP contribution in [0.3, 0.4) is 0 Å². The third-order valence-corrected chi connectivity index (χ3v) is 3.46. The fraction of sp³-hybridized carbons (Fsp3) is 0.500. The van der Waals surface area contributed by atoms with Crippen LogP contribution >= 0.6 is 0 Å². The molecule has 18 heavy (non-hydrogen) atoms. The number of rotatable bonds is 2. The van der Waals surface area contributed by atoms with Gasteiger partial charge in [-0.25, -0.2) is 0 Å². The monoisotopic (exact) mass is 245 g/mol. The molecule has 1 unspecified atom stereocenters. The van der Waals surface area contributed by atoms with E-state index < -0.39 is 0 Å². The summed E-state index contributed by atoms with van der Waals surface area (Å²) < 4.78 is 6.02. The van der Waals surface area contributed by atoms with Gasteiger partial charge in [-0.2, -0.15) is 0 Å². The first kappa shape index (κ1) is 13.2. The maximum absolute atomic E-state index is 6.27. The second kappa shape index (κ2) is 4.43. The van der Waals surface area contributed by atoms with E-state index in [9.17, 15) is 0 Å². The molecule has 2 N–H and O–H groups in total. The van der Waals surface area contributed by atoms with E-state index in [1.807, 2.05) is 0 Å². The Morgan fingerprint density at radius 2 is 1.83 bits per heavy atom. The minimum absolute atomic E-state index is 0.00582. The van der Waals surface area contributed by atoms with Crippen LogP contribution in [-0.2, 0) is 0 Å². The van der Waals surface area contributed by atoms with Gasteiger partial charge in [-0.15, -0.1) is 0 Å². The third-order valence-electron chi connectivity index (χ3n) is 3.46. The zero-order chi connectivity index (χ0) is 13.5. The molecule has 1 aromatic carbocycles. The van der Waals surface area contributed by atoms with Crippen LogP contribution in [0.2, 0.25) is 0 Å². The van der Waals surface area contributed by atoms with Crippen LogP contribution in [0.25, 0.3) is 11.0 Å². The predicted octanol–water partition coefficient (Wildman–Crippen LogP) is 4.60. The van der Waals surface area contributed by atoms with Gasteiger partial charge in [-0.3, -0.25) is 0 Å². The van der Waals surface area contributed by atoms with Crippen LogP contribution in [0.5, 0.6) is 0 Å². The van der Waals surface area contributed by atoms with Gasteiger partial charge in [-0.05, 0) is 23.0 Å². The normalized spacial score (nSPS) is 14.4. The summed E-state index contributed by atoms with van der Waals surface area (Å²) in [6, 6.07) is 8.30. The highest BCUT2D eigenvalue weighted by molar-refractivity contribution is 5.81. The van der Waals surface area contributed by atoms with Crippen molar-refractivity contribution in [2.24, 2.45) is 11.1 Å². The van der Waals surface area contributed by atoms with Gasteiger partial charge in [0.25, 0.3) is 0 Å². The maximum Gasteiger partial charge on any atom is 0.137 e. The van der Waals surface area contributed by atoms with Gasteiger partial charge < -0.3 is 10.2 Å². The number of furan rings is 1. The Bertz CT molecular complexity index is 546. The molecule has 0 saturated carbocycles. The molecule has 0 aliphatic heterocycles. The number of para-hydroxylation sites is 1. The molecule has 0 radical (unpaired) electrons. The van der Waals surface area contributed by atoms with Crippen LogP contribution in [0.1, 0.15) is 57.9 Å². The third kappa shape index (κ3) is 2.30. The fourth-order valence-electron chi connectivity index (χ4n) is 2.14. The summed E-state index contributed by atoms with van der Waals surface area (Å²) in [6.07, 6.45) is 0. The van der Waals surface area contributed by atoms with Crippen LogP contribution in [0.4, 0.5) is 0 Å². The van der Waals surface area contributed by atoms with Gasteiger partial charge >= 0.3 is 0 Å². The smallest absolute Gasteiger partial charge is 0.137 e. The van der Waals surface area contributed by atoms with Crippen molar-refractivity contribution in [3.05, 3.63) is 35.6 Å². The molecule has 0 amide bonds. The lowest BCUT2D eigenvalue weighted by molar-refractivity contribution is 0.290. The molecule has 0 bridgehead atoms. The standard InChI is InChI=1S/C16H23NO/c1-10(2)12-8-6-7-11-9-13(18-14(11)12)15(17)16(3,4)5/h6-10,15H,17H2,1-5H3. The van der Waals surface area contributed by atoms with Crippen molar-refractivity contribution in [3.63, 3.8) is 0 Å². The topological polar surface area (TPSA) is 39.2 Å². The van der Waals surface area contributed by atoms with Gasteiger partial charge in [0.1, 0.15) is 11.3 Å². The quantitative estimate of drug-likeness (QED) is 0.839. The first-order valence-corrected chi connectivity index (χ1v) is 6.58. The number of nitrogens with two attached hydrogens (primary N) is 1. The lowest BCUT2D eigenvalue weighted by atomic mass is 9.86. The lowest BCUT2D eigenvalue weighted by Gasteiger charge is -2.24. The van der Waals surface area contributed by atoms with Gasteiger partial charge in [0.05, 0.1) is 6.04 Å². The number of hydrogen-bond acceptors (Lipinski definition) is 2. The number of benzene rings is 1. The summed E-state index contributed by atoms with van der Waals surface area (Å²) in [6.45, 7) is 10.8. The molecule has 1 atom stereocenters. The lowest BCUT2D eigenvalue weighted by Crippen LogP contribution is -2.25. The first-order chi connectivity index (χ1) is 8.30. The molecule has 2 aromatic rings. The first-order valence-electron chi connectivity index (χ1n) is 6.58. The van der Waals surface area contributed by atoms with Crippen molar-refractivity contribution in [1.82, 2.24) is 0 Å². The van der Waals surface area contributed by atoms with Gasteiger partial charge in [0.15, 0.2) is 0 Å². The molecule has 2 heteroatoms. The number of fused-ring (bicyclic) bond motifs is 1. The van der Waals surface area contributed by atoms with E-state index in [-0.39, 0.29) is 11.5 Å². The van der Waals surface area contributed by atoms with Crippen molar-refractivity contribution in [3.8, 4) is 0 Å². The summed E-state index contributed by atoms with van der Waals surface area (Å²) in [5, 5.41) is 1.15. The summed E-state index contributed by atoms with van der Waals surface area (Å²) in [5.74, 6) is 1.34. The average Bonchev–Trinajstić information content (AvgIpc) is 2.69. The Morgan fingerprint density at radius 3 is 2.39 bits per heavy atom. The SMILES string of the molecule is CC(C)c1cccc2cc(C(N)C(C)(C)C)oc12. The van der Waals surface area contributed by atoms with Crippen molar-refractivity contribution in [2.45, 2.75) is 46.6 Å². The van der Waals surface area contributed by atoms with E-state index in [1.165, 1.54) is 5.56 Å². The van der Waals surface area contributed by atoms with Gasteiger partial charge in [-0.1, -0.05) is 52.8 Å². The minimum atomic E-state index is -0.0788.